The highest BCUT2D eigenvalue weighted by molar-refractivity contribution is 5.27. The van der Waals surface area contributed by atoms with Crippen molar-refractivity contribution >= 4 is 0 Å². The average molecular weight is 206 g/mol. The average Bonchev–Trinajstić information content (AvgIpc) is 2.31. The van der Waals surface area contributed by atoms with E-state index in [9.17, 15) is 0 Å². The molecule has 15 heavy (non-hydrogen) atoms. The predicted molar refractivity (Wildman–Crippen MR) is 62.1 cm³/mol. The van der Waals surface area contributed by atoms with Crippen LogP contribution in [0.15, 0.2) is 36.9 Å². The Labute approximate surface area is 91.2 Å². The van der Waals surface area contributed by atoms with Crippen LogP contribution >= 0.6 is 0 Å². The van der Waals surface area contributed by atoms with Crippen molar-refractivity contribution in [2.45, 2.75) is 12.8 Å². The fourth-order valence-corrected chi connectivity index (χ4v) is 1.43. The summed E-state index contributed by atoms with van der Waals surface area (Å²) in [5.74, 6) is 1.08. The van der Waals surface area contributed by atoms with E-state index in [-0.39, 0.29) is 12.5 Å². The molecule has 0 bridgehead atoms. The second kappa shape index (κ2) is 6.25. The lowest BCUT2D eigenvalue weighted by Crippen LogP contribution is -2.03. The molecule has 1 aromatic rings. The summed E-state index contributed by atoms with van der Waals surface area (Å²) in [4.78, 5) is 0. The molecule has 0 amide bonds. The van der Waals surface area contributed by atoms with Gasteiger partial charge in [-0.05, 0) is 36.5 Å². The van der Waals surface area contributed by atoms with Gasteiger partial charge in [0.1, 0.15) is 5.75 Å². The lowest BCUT2D eigenvalue weighted by atomic mass is 10.0. The van der Waals surface area contributed by atoms with Crippen LogP contribution in [0.3, 0.4) is 0 Å². The Hall–Kier alpha value is -1.28. The van der Waals surface area contributed by atoms with Crippen molar-refractivity contribution in [2.24, 2.45) is 5.92 Å². The summed E-state index contributed by atoms with van der Waals surface area (Å²) in [5.41, 5.74) is 1.26. The van der Waals surface area contributed by atoms with E-state index in [4.69, 9.17) is 9.84 Å². The zero-order chi connectivity index (χ0) is 11.1. The smallest absolute Gasteiger partial charge is 0.118 e. The molecule has 0 aliphatic heterocycles. The van der Waals surface area contributed by atoms with Gasteiger partial charge in [-0.25, -0.2) is 0 Å². The Morgan fingerprint density at radius 1 is 1.40 bits per heavy atom. The number of methoxy groups -OCH3 is 1. The van der Waals surface area contributed by atoms with Crippen molar-refractivity contribution < 1.29 is 9.84 Å². The standard InChI is InChI=1S/C13H18O2/c1-3-11(10-14)4-5-12-6-8-13(15-2)9-7-12/h3,6-9,11,14H,1,4-5,10H2,2H3. The minimum absolute atomic E-state index is 0.180. The maximum absolute atomic E-state index is 8.99. The van der Waals surface area contributed by atoms with Crippen molar-refractivity contribution in [3.63, 3.8) is 0 Å². The molecule has 2 nitrogen and oxygen atoms in total. The van der Waals surface area contributed by atoms with Crippen LogP contribution in [0.25, 0.3) is 0 Å². The molecule has 0 heterocycles. The van der Waals surface area contributed by atoms with Crippen LogP contribution in [-0.2, 0) is 6.42 Å². The van der Waals surface area contributed by atoms with Crippen LogP contribution in [0, 0.1) is 5.92 Å². The third kappa shape index (κ3) is 3.76. The minimum Gasteiger partial charge on any atom is -0.497 e. The van der Waals surface area contributed by atoms with Crippen LogP contribution < -0.4 is 4.74 Å². The van der Waals surface area contributed by atoms with E-state index in [2.05, 4.69) is 18.7 Å². The number of hydrogen-bond acceptors (Lipinski definition) is 2. The van der Waals surface area contributed by atoms with Gasteiger partial charge < -0.3 is 9.84 Å². The summed E-state index contributed by atoms with van der Waals surface area (Å²) >= 11 is 0. The summed E-state index contributed by atoms with van der Waals surface area (Å²) in [7, 11) is 1.66. The molecular weight excluding hydrogens is 188 g/mol. The summed E-state index contributed by atoms with van der Waals surface area (Å²) in [6.07, 6.45) is 3.71. The Kier molecular flexibility index (Phi) is 4.91. The molecular formula is C13H18O2. The molecule has 0 saturated heterocycles. The fourth-order valence-electron chi connectivity index (χ4n) is 1.43. The van der Waals surface area contributed by atoms with Gasteiger partial charge >= 0.3 is 0 Å². The van der Waals surface area contributed by atoms with Crippen molar-refractivity contribution in [1.29, 1.82) is 0 Å². The van der Waals surface area contributed by atoms with E-state index in [1.54, 1.807) is 7.11 Å². The molecule has 1 unspecified atom stereocenters. The van der Waals surface area contributed by atoms with Gasteiger partial charge in [-0.2, -0.15) is 0 Å². The Balaban J connectivity index is 2.46. The van der Waals surface area contributed by atoms with Crippen molar-refractivity contribution in [1.82, 2.24) is 0 Å². The van der Waals surface area contributed by atoms with Gasteiger partial charge in [0.15, 0.2) is 0 Å². The molecule has 0 aliphatic rings. The summed E-state index contributed by atoms with van der Waals surface area (Å²) < 4.78 is 5.08. The first-order valence-corrected chi connectivity index (χ1v) is 5.16. The van der Waals surface area contributed by atoms with Crippen LogP contribution in [0.1, 0.15) is 12.0 Å². The monoisotopic (exact) mass is 206 g/mol. The maximum atomic E-state index is 8.99. The maximum Gasteiger partial charge on any atom is 0.118 e. The zero-order valence-electron chi connectivity index (χ0n) is 9.15. The quantitative estimate of drug-likeness (QED) is 0.724. The van der Waals surface area contributed by atoms with E-state index in [1.807, 2.05) is 18.2 Å². The lowest BCUT2D eigenvalue weighted by Gasteiger charge is -2.08. The second-order valence-electron chi connectivity index (χ2n) is 3.57. The number of hydrogen-bond donors (Lipinski definition) is 1. The third-order valence-corrected chi connectivity index (χ3v) is 2.53. The number of ether oxygens (including phenoxy) is 1. The number of benzene rings is 1. The second-order valence-corrected chi connectivity index (χ2v) is 3.57. The Morgan fingerprint density at radius 2 is 2.07 bits per heavy atom. The first-order valence-electron chi connectivity index (χ1n) is 5.16. The van der Waals surface area contributed by atoms with Crippen LogP contribution in [0.5, 0.6) is 5.75 Å². The van der Waals surface area contributed by atoms with E-state index >= 15 is 0 Å². The van der Waals surface area contributed by atoms with E-state index in [1.165, 1.54) is 5.56 Å². The van der Waals surface area contributed by atoms with Gasteiger partial charge in [0.25, 0.3) is 0 Å². The molecule has 2 heteroatoms. The molecule has 1 aromatic carbocycles. The topological polar surface area (TPSA) is 29.5 Å². The third-order valence-electron chi connectivity index (χ3n) is 2.53. The van der Waals surface area contributed by atoms with Gasteiger partial charge in [0.05, 0.1) is 7.11 Å². The molecule has 1 rings (SSSR count). The molecule has 0 aromatic heterocycles. The Bertz CT molecular complexity index is 290. The highest BCUT2D eigenvalue weighted by atomic mass is 16.5. The van der Waals surface area contributed by atoms with Crippen LogP contribution in [-0.4, -0.2) is 18.8 Å². The number of aliphatic hydroxyl groups excluding tert-OH is 1. The molecule has 0 saturated carbocycles. The summed E-state index contributed by atoms with van der Waals surface area (Å²) in [6.45, 7) is 3.87. The Morgan fingerprint density at radius 3 is 2.53 bits per heavy atom. The highest BCUT2D eigenvalue weighted by Gasteiger charge is 2.02. The molecule has 82 valence electrons. The number of rotatable bonds is 6. The zero-order valence-corrected chi connectivity index (χ0v) is 9.15. The summed E-state index contributed by atoms with van der Waals surface area (Å²) in [5, 5.41) is 8.99. The predicted octanol–water partition coefficient (Wildman–Crippen LogP) is 2.42. The number of aliphatic hydroxyl groups is 1. The van der Waals surface area contributed by atoms with Gasteiger partial charge in [-0.15, -0.1) is 6.58 Å². The first kappa shape index (κ1) is 11.8. The molecule has 0 spiro atoms. The van der Waals surface area contributed by atoms with Crippen LogP contribution in [0.2, 0.25) is 0 Å². The highest BCUT2D eigenvalue weighted by Crippen LogP contribution is 2.15. The molecule has 0 radical (unpaired) electrons. The van der Waals surface area contributed by atoms with Crippen molar-refractivity contribution in [2.75, 3.05) is 13.7 Å². The fraction of sp³-hybridized carbons (Fsp3) is 0.385. The number of aryl methyl sites for hydroxylation is 1. The van der Waals surface area contributed by atoms with Crippen molar-refractivity contribution in [3.05, 3.63) is 42.5 Å². The van der Waals surface area contributed by atoms with Crippen LogP contribution in [0.4, 0.5) is 0 Å². The SMILES string of the molecule is C=CC(CO)CCc1ccc(OC)cc1. The molecule has 0 fully saturated rings. The van der Waals surface area contributed by atoms with Gasteiger partial charge in [-0.3, -0.25) is 0 Å². The van der Waals surface area contributed by atoms with Gasteiger partial charge in [-0.1, -0.05) is 18.2 Å². The minimum atomic E-state index is 0.180. The first-order chi connectivity index (χ1) is 7.30. The van der Waals surface area contributed by atoms with Crippen molar-refractivity contribution in [3.8, 4) is 5.75 Å². The lowest BCUT2D eigenvalue weighted by molar-refractivity contribution is 0.246. The van der Waals surface area contributed by atoms with E-state index in [0.717, 1.165) is 18.6 Å². The summed E-state index contributed by atoms with van der Waals surface area (Å²) in [6, 6.07) is 8.01. The normalized spacial score (nSPS) is 12.1. The van der Waals surface area contributed by atoms with E-state index in [0.29, 0.717) is 0 Å². The molecule has 0 aliphatic carbocycles. The van der Waals surface area contributed by atoms with E-state index < -0.39 is 0 Å². The largest absolute Gasteiger partial charge is 0.497 e. The van der Waals surface area contributed by atoms with Gasteiger partial charge in [0, 0.05) is 6.61 Å². The van der Waals surface area contributed by atoms with Gasteiger partial charge in [0.2, 0.25) is 0 Å². The molecule has 1 N–H and O–H groups in total. The molecule has 1 atom stereocenters.